The Labute approximate surface area is 202 Å². The van der Waals surface area contributed by atoms with E-state index in [4.69, 9.17) is 21.1 Å². The van der Waals surface area contributed by atoms with Gasteiger partial charge in [0.05, 0.1) is 30.2 Å². The highest BCUT2D eigenvalue weighted by molar-refractivity contribution is 8.00. The third-order valence-electron chi connectivity index (χ3n) is 4.82. The van der Waals surface area contributed by atoms with Crippen molar-refractivity contribution in [1.29, 1.82) is 0 Å². The van der Waals surface area contributed by atoms with Crippen molar-refractivity contribution in [2.24, 2.45) is 0 Å². The Morgan fingerprint density at radius 3 is 2.24 bits per heavy atom. The van der Waals surface area contributed by atoms with Crippen LogP contribution in [0, 0.1) is 0 Å². The molecule has 0 aliphatic carbocycles. The summed E-state index contributed by atoms with van der Waals surface area (Å²) in [6.07, 6.45) is 0.621. The Hall–Kier alpha value is -3.16. The number of methoxy groups -OCH3 is 2. The lowest BCUT2D eigenvalue weighted by Gasteiger charge is -2.16. The molecule has 0 aliphatic heterocycles. The van der Waals surface area contributed by atoms with Gasteiger partial charge in [0.1, 0.15) is 17.1 Å². The maximum atomic E-state index is 13.0. The molecule has 3 aromatic rings. The van der Waals surface area contributed by atoms with E-state index in [-0.39, 0.29) is 17.1 Å². The number of carbonyl (C=O) groups excluding carboxylic acids is 2. The van der Waals surface area contributed by atoms with E-state index in [0.29, 0.717) is 39.9 Å². The zero-order valence-corrected chi connectivity index (χ0v) is 20.1. The van der Waals surface area contributed by atoms with E-state index in [0.717, 1.165) is 4.90 Å². The smallest absolute Gasteiger partial charge is 0.263 e. The van der Waals surface area contributed by atoms with Crippen molar-refractivity contribution in [3.8, 4) is 11.5 Å². The lowest BCUT2D eigenvalue weighted by Crippen LogP contribution is -2.24. The topological polar surface area (TPSA) is 76.7 Å². The van der Waals surface area contributed by atoms with Crippen molar-refractivity contribution in [3.63, 3.8) is 0 Å². The van der Waals surface area contributed by atoms with Crippen LogP contribution >= 0.6 is 23.4 Å². The predicted molar refractivity (Wildman–Crippen MR) is 134 cm³/mol. The molecule has 3 rings (SSSR count). The predicted octanol–water partition coefficient (Wildman–Crippen LogP) is 6.12. The summed E-state index contributed by atoms with van der Waals surface area (Å²) in [5.41, 5.74) is 1.49. The number of hydrogen-bond acceptors (Lipinski definition) is 5. The van der Waals surface area contributed by atoms with E-state index in [9.17, 15) is 9.59 Å². The molecule has 0 bridgehead atoms. The molecule has 2 N–H and O–H groups in total. The van der Waals surface area contributed by atoms with Crippen LogP contribution in [0.4, 0.5) is 11.4 Å². The third kappa shape index (κ3) is 6.21. The van der Waals surface area contributed by atoms with Crippen molar-refractivity contribution in [1.82, 2.24) is 0 Å². The second kappa shape index (κ2) is 11.6. The first-order chi connectivity index (χ1) is 16.0. The summed E-state index contributed by atoms with van der Waals surface area (Å²) in [5, 5.41) is 5.93. The van der Waals surface area contributed by atoms with Gasteiger partial charge in [0.25, 0.3) is 5.91 Å². The number of ether oxygens (including phenoxy) is 2. The fourth-order valence-electron chi connectivity index (χ4n) is 3.18. The maximum Gasteiger partial charge on any atom is 0.263 e. The van der Waals surface area contributed by atoms with Crippen LogP contribution in [0.3, 0.4) is 0 Å². The maximum absolute atomic E-state index is 13.0. The number of rotatable bonds is 9. The molecule has 0 saturated heterocycles. The number of hydrogen-bond donors (Lipinski definition) is 2. The second-order valence-corrected chi connectivity index (χ2v) is 8.69. The van der Waals surface area contributed by atoms with Crippen LogP contribution in [-0.4, -0.2) is 31.3 Å². The SMILES string of the molecule is CCC(Sc1cccc(NC(=O)c2c(OC)cccc2OC)c1)C(=O)Nc1ccccc1Cl. The number of halogens is 1. The summed E-state index contributed by atoms with van der Waals surface area (Å²) in [6, 6.07) is 19.6. The summed E-state index contributed by atoms with van der Waals surface area (Å²) in [4.78, 5) is 26.6. The first-order valence-corrected chi connectivity index (χ1v) is 11.6. The van der Waals surface area contributed by atoms with Crippen LogP contribution in [0.5, 0.6) is 11.5 Å². The molecule has 3 aromatic carbocycles. The molecule has 6 nitrogen and oxygen atoms in total. The number of benzene rings is 3. The fourth-order valence-corrected chi connectivity index (χ4v) is 4.37. The van der Waals surface area contributed by atoms with Gasteiger partial charge in [-0.1, -0.05) is 42.8 Å². The number of amides is 2. The largest absolute Gasteiger partial charge is 0.496 e. The average molecular weight is 485 g/mol. The highest BCUT2D eigenvalue weighted by Gasteiger charge is 2.21. The van der Waals surface area contributed by atoms with Crippen molar-refractivity contribution in [2.75, 3.05) is 24.9 Å². The fraction of sp³-hybridized carbons (Fsp3) is 0.200. The molecule has 33 heavy (non-hydrogen) atoms. The van der Waals surface area contributed by atoms with Gasteiger partial charge in [-0.05, 0) is 48.9 Å². The minimum atomic E-state index is -0.352. The highest BCUT2D eigenvalue weighted by Crippen LogP contribution is 2.32. The van der Waals surface area contributed by atoms with E-state index in [2.05, 4.69) is 10.6 Å². The van der Waals surface area contributed by atoms with E-state index < -0.39 is 0 Å². The van der Waals surface area contributed by atoms with Crippen molar-refractivity contribution in [3.05, 3.63) is 77.3 Å². The first-order valence-electron chi connectivity index (χ1n) is 10.3. The van der Waals surface area contributed by atoms with Crippen molar-refractivity contribution in [2.45, 2.75) is 23.5 Å². The van der Waals surface area contributed by atoms with Crippen LogP contribution in [0.15, 0.2) is 71.6 Å². The van der Waals surface area contributed by atoms with E-state index in [1.807, 2.05) is 37.3 Å². The Morgan fingerprint density at radius 2 is 1.61 bits per heavy atom. The summed E-state index contributed by atoms with van der Waals surface area (Å²) in [5.74, 6) is 0.345. The Balaban J connectivity index is 1.73. The molecular weight excluding hydrogens is 460 g/mol. The van der Waals surface area contributed by atoms with Crippen LogP contribution in [0.2, 0.25) is 5.02 Å². The second-order valence-electron chi connectivity index (χ2n) is 7.00. The molecule has 1 atom stereocenters. The van der Waals surface area contributed by atoms with Gasteiger partial charge in [-0.2, -0.15) is 0 Å². The van der Waals surface area contributed by atoms with Gasteiger partial charge in [-0.3, -0.25) is 9.59 Å². The van der Waals surface area contributed by atoms with Gasteiger partial charge < -0.3 is 20.1 Å². The summed E-state index contributed by atoms with van der Waals surface area (Å²) < 4.78 is 10.6. The summed E-state index contributed by atoms with van der Waals surface area (Å²) in [7, 11) is 3.00. The quantitative estimate of drug-likeness (QED) is 0.358. The minimum Gasteiger partial charge on any atom is -0.496 e. The molecule has 0 aromatic heterocycles. The normalized spacial score (nSPS) is 11.4. The number of carbonyl (C=O) groups is 2. The van der Waals surface area contributed by atoms with Gasteiger partial charge in [-0.15, -0.1) is 11.8 Å². The van der Waals surface area contributed by atoms with Gasteiger partial charge >= 0.3 is 0 Å². The van der Waals surface area contributed by atoms with Crippen LogP contribution in [0.1, 0.15) is 23.7 Å². The molecule has 8 heteroatoms. The Kier molecular flexibility index (Phi) is 8.63. The molecular formula is C25H25ClN2O4S. The van der Waals surface area contributed by atoms with Crippen molar-refractivity contribution < 1.29 is 19.1 Å². The van der Waals surface area contributed by atoms with E-state index in [1.54, 1.807) is 36.4 Å². The van der Waals surface area contributed by atoms with Gasteiger partial charge in [0, 0.05) is 10.6 Å². The van der Waals surface area contributed by atoms with Gasteiger partial charge in [0.2, 0.25) is 5.91 Å². The molecule has 0 saturated carbocycles. The lowest BCUT2D eigenvalue weighted by molar-refractivity contribution is -0.115. The minimum absolute atomic E-state index is 0.135. The van der Waals surface area contributed by atoms with Gasteiger partial charge in [-0.25, -0.2) is 0 Å². The number of anilines is 2. The standard InChI is InChI=1S/C25H25ClN2O4S/c1-4-22(24(29)28-19-12-6-5-11-18(19)26)33-17-10-7-9-16(15-17)27-25(30)23-20(31-2)13-8-14-21(23)32-3/h5-15,22H,4H2,1-3H3,(H,27,30)(H,28,29). The average Bonchev–Trinajstić information content (AvgIpc) is 2.83. The third-order valence-corrected chi connectivity index (χ3v) is 6.51. The molecule has 0 radical (unpaired) electrons. The molecule has 0 spiro atoms. The zero-order valence-electron chi connectivity index (χ0n) is 18.6. The molecule has 0 aliphatic rings. The number of nitrogens with one attached hydrogen (secondary N) is 2. The van der Waals surface area contributed by atoms with Crippen LogP contribution in [0.25, 0.3) is 0 Å². The van der Waals surface area contributed by atoms with E-state index in [1.165, 1.54) is 26.0 Å². The molecule has 1 unspecified atom stereocenters. The Morgan fingerprint density at radius 1 is 0.939 bits per heavy atom. The van der Waals surface area contributed by atoms with E-state index >= 15 is 0 Å². The lowest BCUT2D eigenvalue weighted by atomic mass is 10.1. The van der Waals surface area contributed by atoms with Crippen molar-refractivity contribution >= 4 is 46.6 Å². The molecule has 0 fully saturated rings. The Bertz CT molecular complexity index is 1120. The van der Waals surface area contributed by atoms with Gasteiger partial charge in [0.15, 0.2) is 0 Å². The first kappa shape index (κ1) is 24.5. The van der Waals surface area contributed by atoms with Crippen LogP contribution in [-0.2, 0) is 4.79 Å². The molecule has 0 heterocycles. The van der Waals surface area contributed by atoms with Crippen LogP contribution < -0.4 is 20.1 Å². The molecule has 2 amide bonds. The number of para-hydroxylation sites is 1. The monoisotopic (exact) mass is 484 g/mol. The summed E-state index contributed by atoms with van der Waals surface area (Å²) >= 11 is 7.58. The number of thioether (sulfide) groups is 1. The highest BCUT2D eigenvalue weighted by atomic mass is 35.5. The summed E-state index contributed by atoms with van der Waals surface area (Å²) in [6.45, 7) is 1.95. The zero-order chi connectivity index (χ0) is 23.8. The molecule has 172 valence electrons.